The molecule has 0 bridgehead atoms. The van der Waals surface area contributed by atoms with Crippen molar-refractivity contribution < 1.29 is 9.53 Å². The molecule has 1 aliphatic rings. The first-order valence-corrected chi connectivity index (χ1v) is 9.01. The molecule has 1 aliphatic heterocycles. The fourth-order valence-corrected chi connectivity index (χ4v) is 3.17. The Balaban J connectivity index is 1.40. The van der Waals surface area contributed by atoms with E-state index in [1.807, 2.05) is 36.9 Å². The highest BCUT2D eigenvalue weighted by Gasteiger charge is 2.24. The molecule has 0 radical (unpaired) electrons. The minimum Gasteiger partial charge on any atom is -0.492 e. The summed E-state index contributed by atoms with van der Waals surface area (Å²) >= 11 is 0. The highest BCUT2D eigenvalue weighted by Crippen LogP contribution is 2.23. The Labute approximate surface area is 148 Å². The van der Waals surface area contributed by atoms with Crippen LogP contribution in [-0.2, 0) is 4.79 Å². The Kier molecular flexibility index (Phi) is 5.68. The molecular weight excluding hydrogens is 316 g/mol. The lowest BCUT2D eigenvalue weighted by Gasteiger charge is -2.33. The van der Waals surface area contributed by atoms with Crippen molar-refractivity contribution in [1.29, 1.82) is 0 Å². The highest BCUT2D eigenvalue weighted by molar-refractivity contribution is 5.78. The summed E-state index contributed by atoms with van der Waals surface area (Å²) in [5.74, 6) is 1.79. The molecule has 1 amide bonds. The lowest BCUT2D eigenvalue weighted by Crippen LogP contribution is -2.40. The number of hydrogen-bond donors (Lipinski definition) is 1. The van der Waals surface area contributed by atoms with Gasteiger partial charge in [-0.3, -0.25) is 14.9 Å². The Morgan fingerprint density at radius 2 is 2.12 bits per heavy atom. The molecule has 0 saturated carbocycles. The summed E-state index contributed by atoms with van der Waals surface area (Å²) in [6.45, 7) is 6.37. The van der Waals surface area contributed by atoms with Gasteiger partial charge in [0.15, 0.2) is 0 Å². The normalized spacial score (nSPS) is 15.6. The summed E-state index contributed by atoms with van der Waals surface area (Å²) in [5.41, 5.74) is 1.75. The first-order chi connectivity index (χ1) is 12.1. The van der Waals surface area contributed by atoms with Crippen LogP contribution in [-0.4, -0.2) is 45.7 Å². The van der Waals surface area contributed by atoms with Crippen LogP contribution in [0.5, 0.6) is 5.75 Å². The van der Waals surface area contributed by atoms with Gasteiger partial charge in [0, 0.05) is 25.2 Å². The van der Waals surface area contributed by atoms with Crippen LogP contribution in [0.2, 0.25) is 0 Å². The number of hydrogen-bond acceptors (Lipinski definition) is 4. The van der Waals surface area contributed by atoms with Crippen molar-refractivity contribution in [2.75, 3.05) is 19.7 Å². The van der Waals surface area contributed by atoms with E-state index in [-0.39, 0.29) is 11.8 Å². The molecule has 2 aromatic rings. The number of carbonyl (C=O) groups is 1. The van der Waals surface area contributed by atoms with Crippen molar-refractivity contribution in [2.45, 2.75) is 33.1 Å². The van der Waals surface area contributed by atoms with Gasteiger partial charge in [0.25, 0.3) is 0 Å². The molecule has 0 unspecified atom stereocenters. The van der Waals surface area contributed by atoms with Gasteiger partial charge in [-0.1, -0.05) is 13.8 Å². The van der Waals surface area contributed by atoms with Crippen molar-refractivity contribution in [3.8, 4) is 17.1 Å². The second-order valence-electron chi connectivity index (χ2n) is 6.91. The first kappa shape index (κ1) is 17.5. The SMILES string of the molecule is CC(C)C(=O)N1CCC(CCOc2ccc(-c3ccn[nH]3)nc2)CC1. The number of H-pyrrole nitrogens is 1. The molecule has 6 nitrogen and oxygen atoms in total. The molecule has 1 fully saturated rings. The molecule has 2 aromatic heterocycles. The number of aromatic amines is 1. The molecule has 0 atom stereocenters. The van der Waals surface area contributed by atoms with Crippen molar-refractivity contribution in [1.82, 2.24) is 20.1 Å². The molecule has 6 heteroatoms. The molecule has 0 spiro atoms. The monoisotopic (exact) mass is 342 g/mol. The fourth-order valence-electron chi connectivity index (χ4n) is 3.17. The minimum atomic E-state index is 0.0945. The number of ether oxygens (including phenoxy) is 1. The average Bonchev–Trinajstić information content (AvgIpc) is 3.17. The molecule has 134 valence electrons. The van der Waals surface area contributed by atoms with Crippen molar-refractivity contribution in [3.63, 3.8) is 0 Å². The second-order valence-corrected chi connectivity index (χ2v) is 6.91. The van der Waals surface area contributed by atoms with Crippen LogP contribution >= 0.6 is 0 Å². The maximum atomic E-state index is 12.0. The van der Waals surface area contributed by atoms with Crippen LogP contribution in [0.25, 0.3) is 11.4 Å². The maximum Gasteiger partial charge on any atom is 0.225 e. The Morgan fingerprint density at radius 3 is 2.72 bits per heavy atom. The van der Waals surface area contributed by atoms with E-state index in [1.165, 1.54) is 0 Å². The number of aromatic nitrogens is 3. The number of piperidine rings is 1. The Hall–Kier alpha value is -2.37. The smallest absolute Gasteiger partial charge is 0.225 e. The number of likely N-dealkylation sites (tertiary alicyclic amines) is 1. The maximum absolute atomic E-state index is 12.0. The van der Waals surface area contributed by atoms with Gasteiger partial charge in [-0.05, 0) is 43.4 Å². The number of nitrogens with zero attached hydrogens (tertiary/aromatic N) is 3. The van der Waals surface area contributed by atoms with Gasteiger partial charge < -0.3 is 9.64 Å². The van der Waals surface area contributed by atoms with Gasteiger partial charge in [-0.25, -0.2) is 0 Å². The summed E-state index contributed by atoms with van der Waals surface area (Å²) in [4.78, 5) is 18.4. The molecule has 0 aromatic carbocycles. The predicted molar refractivity (Wildman–Crippen MR) is 96.1 cm³/mol. The number of amides is 1. The van der Waals surface area contributed by atoms with E-state index in [4.69, 9.17) is 4.74 Å². The average molecular weight is 342 g/mol. The molecule has 1 saturated heterocycles. The van der Waals surface area contributed by atoms with E-state index >= 15 is 0 Å². The zero-order valence-corrected chi connectivity index (χ0v) is 14.9. The third-order valence-corrected chi connectivity index (χ3v) is 4.73. The summed E-state index contributed by atoms with van der Waals surface area (Å²) in [6, 6.07) is 5.76. The number of carbonyl (C=O) groups excluding carboxylic acids is 1. The van der Waals surface area contributed by atoms with Gasteiger partial charge in [0.1, 0.15) is 5.75 Å². The Bertz CT molecular complexity index is 659. The fraction of sp³-hybridized carbons (Fsp3) is 0.526. The predicted octanol–water partition coefficient (Wildman–Crippen LogP) is 3.14. The second kappa shape index (κ2) is 8.14. The van der Waals surface area contributed by atoms with Crippen molar-refractivity contribution >= 4 is 5.91 Å². The zero-order chi connectivity index (χ0) is 17.6. The number of nitrogens with one attached hydrogen (secondary N) is 1. The van der Waals surface area contributed by atoms with Crippen LogP contribution in [0.3, 0.4) is 0 Å². The van der Waals surface area contributed by atoms with E-state index in [1.54, 1.807) is 12.4 Å². The van der Waals surface area contributed by atoms with Crippen LogP contribution in [0.1, 0.15) is 33.1 Å². The van der Waals surface area contributed by atoms with Gasteiger partial charge >= 0.3 is 0 Å². The van der Waals surface area contributed by atoms with E-state index in [0.29, 0.717) is 12.5 Å². The molecule has 0 aliphatic carbocycles. The lowest BCUT2D eigenvalue weighted by atomic mass is 9.93. The van der Waals surface area contributed by atoms with E-state index in [0.717, 1.165) is 49.5 Å². The summed E-state index contributed by atoms with van der Waals surface area (Å²) < 4.78 is 5.82. The van der Waals surface area contributed by atoms with Gasteiger partial charge in [0.2, 0.25) is 5.91 Å². The molecular formula is C19H26N4O2. The third-order valence-electron chi connectivity index (χ3n) is 4.73. The largest absolute Gasteiger partial charge is 0.492 e. The standard InChI is InChI=1S/C19H26N4O2/c1-14(2)19(24)23-10-6-15(7-11-23)8-12-25-16-3-4-17(20-13-16)18-5-9-21-22-18/h3-5,9,13-15H,6-8,10-12H2,1-2H3,(H,21,22). The quantitative estimate of drug-likeness (QED) is 0.875. The van der Waals surface area contributed by atoms with Crippen molar-refractivity contribution in [2.24, 2.45) is 11.8 Å². The summed E-state index contributed by atoms with van der Waals surface area (Å²) in [5, 5.41) is 6.82. The topological polar surface area (TPSA) is 71.1 Å². The third kappa shape index (κ3) is 4.59. The van der Waals surface area contributed by atoms with E-state index in [2.05, 4.69) is 15.2 Å². The lowest BCUT2D eigenvalue weighted by molar-refractivity contribution is -0.135. The van der Waals surface area contributed by atoms with Crippen LogP contribution in [0.15, 0.2) is 30.6 Å². The molecule has 25 heavy (non-hydrogen) atoms. The summed E-state index contributed by atoms with van der Waals surface area (Å²) in [6.07, 6.45) is 6.62. The summed E-state index contributed by atoms with van der Waals surface area (Å²) in [7, 11) is 0. The van der Waals surface area contributed by atoms with Crippen LogP contribution in [0, 0.1) is 11.8 Å². The van der Waals surface area contributed by atoms with Gasteiger partial charge in [-0.2, -0.15) is 5.10 Å². The van der Waals surface area contributed by atoms with Gasteiger partial charge in [0.05, 0.1) is 24.2 Å². The molecule has 3 heterocycles. The zero-order valence-electron chi connectivity index (χ0n) is 14.9. The first-order valence-electron chi connectivity index (χ1n) is 9.01. The highest BCUT2D eigenvalue weighted by atomic mass is 16.5. The van der Waals surface area contributed by atoms with Crippen LogP contribution < -0.4 is 4.74 Å². The van der Waals surface area contributed by atoms with Crippen LogP contribution in [0.4, 0.5) is 0 Å². The molecule has 1 N–H and O–H groups in total. The van der Waals surface area contributed by atoms with Gasteiger partial charge in [-0.15, -0.1) is 0 Å². The van der Waals surface area contributed by atoms with E-state index in [9.17, 15) is 4.79 Å². The Morgan fingerprint density at radius 1 is 1.32 bits per heavy atom. The van der Waals surface area contributed by atoms with Crippen molar-refractivity contribution in [3.05, 3.63) is 30.6 Å². The number of rotatable bonds is 6. The number of pyridine rings is 1. The van der Waals surface area contributed by atoms with E-state index < -0.39 is 0 Å². The minimum absolute atomic E-state index is 0.0945. The molecule has 3 rings (SSSR count).